The Bertz CT molecular complexity index is 533. The topological polar surface area (TPSA) is 45.6 Å². The number of hydrogen-bond donors (Lipinski definition) is 3. The summed E-state index contributed by atoms with van der Waals surface area (Å²) in [6.07, 6.45) is 0. The van der Waals surface area contributed by atoms with Gasteiger partial charge < -0.3 is 15.5 Å². The molecule has 1 aromatic carbocycles. The van der Waals surface area contributed by atoms with Gasteiger partial charge >= 0.3 is 6.03 Å². The highest BCUT2D eigenvalue weighted by Crippen LogP contribution is 2.23. The zero-order valence-electron chi connectivity index (χ0n) is 15.3. The van der Waals surface area contributed by atoms with Crippen molar-refractivity contribution in [2.24, 2.45) is 0 Å². The number of benzene rings is 1. The van der Waals surface area contributed by atoms with E-state index in [1.807, 2.05) is 39.0 Å². The quantitative estimate of drug-likeness (QED) is 0.676. The smallest absolute Gasteiger partial charge is 0.315 e. The van der Waals surface area contributed by atoms with Gasteiger partial charge in [0.25, 0.3) is 0 Å². The SMILES string of the molecule is C=C(C)c1cccc(C(C)(C)NC(=O)NCC[NH+](CC)CC)c1. The summed E-state index contributed by atoms with van der Waals surface area (Å²) in [5, 5.41) is 6.02. The van der Waals surface area contributed by atoms with E-state index in [-0.39, 0.29) is 6.03 Å². The van der Waals surface area contributed by atoms with Crippen LogP contribution in [0.3, 0.4) is 0 Å². The lowest BCUT2D eigenvalue weighted by molar-refractivity contribution is -0.895. The van der Waals surface area contributed by atoms with Crippen molar-refractivity contribution in [3.05, 3.63) is 42.0 Å². The van der Waals surface area contributed by atoms with Gasteiger partial charge in [-0.1, -0.05) is 30.4 Å². The Morgan fingerprint density at radius 2 is 1.91 bits per heavy atom. The van der Waals surface area contributed by atoms with Gasteiger partial charge in [-0.15, -0.1) is 0 Å². The minimum Gasteiger partial charge on any atom is -0.334 e. The summed E-state index contributed by atoms with van der Waals surface area (Å²) in [4.78, 5) is 13.6. The summed E-state index contributed by atoms with van der Waals surface area (Å²) in [6.45, 7) is 18.1. The third-order valence-corrected chi connectivity index (χ3v) is 4.27. The predicted octanol–water partition coefficient (Wildman–Crippen LogP) is 2.18. The van der Waals surface area contributed by atoms with Crippen molar-refractivity contribution in [2.45, 2.75) is 40.2 Å². The summed E-state index contributed by atoms with van der Waals surface area (Å²) in [6, 6.07) is 8.04. The van der Waals surface area contributed by atoms with Crippen LogP contribution in [0.2, 0.25) is 0 Å². The van der Waals surface area contributed by atoms with Crippen LogP contribution in [0.1, 0.15) is 45.7 Å². The number of carbonyl (C=O) groups is 1. The second kappa shape index (κ2) is 8.73. The first-order valence-electron chi connectivity index (χ1n) is 8.46. The van der Waals surface area contributed by atoms with Gasteiger partial charge in [0.05, 0.1) is 31.7 Å². The molecule has 128 valence electrons. The maximum absolute atomic E-state index is 12.2. The number of nitrogens with one attached hydrogen (secondary N) is 3. The molecule has 4 heteroatoms. The summed E-state index contributed by atoms with van der Waals surface area (Å²) >= 11 is 0. The standard InChI is InChI=1S/C19H31N3O/c1-7-22(8-2)13-12-20-18(23)21-19(5,6)17-11-9-10-16(14-17)15(3)4/h9-11,14H,3,7-8,12-13H2,1-2,4-6H3,(H2,20,21,23)/p+1. The molecule has 0 spiro atoms. The molecular weight excluding hydrogens is 286 g/mol. The minimum atomic E-state index is -0.433. The van der Waals surface area contributed by atoms with Crippen LogP contribution in [-0.4, -0.2) is 32.2 Å². The molecule has 0 aromatic heterocycles. The Morgan fingerprint density at radius 3 is 2.48 bits per heavy atom. The second-order valence-corrected chi connectivity index (χ2v) is 6.57. The highest BCUT2D eigenvalue weighted by atomic mass is 16.2. The normalized spacial score (nSPS) is 11.4. The van der Waals surface area contributed by atoms with Crippen LogP contribution in [0.4, 0.5) is 4.79 Å². The van der Waals surface area contributed by atoms with Gasteiger partial charge in [-0.25, -0.2) is 4.79 Å². The first-order chi connectivity index (χ1) is 10.8. The van der Waals surface area contributed by atoms with Gasteiger partial charge in [-0.05, 0) is 51.8 Å². The van der Waals surface area contributed by atoms with Crippen LogP contribution in [0.25, 0.3) is 5.57 Å². The molecule has 0 unspecified atom stereocenters. The van der Waals surface area contributed by atoms with Crippen molar-refractivity contribution in [1.29, 1.82) is 0 Å². The molecule has 1 aromatic rings. The van der Waals surface area contributed by atoms with Crippen molar-refractivity contribution < 1.29 is 9.69 Å². The Labute approximate surface area is 141 Å². The molecule has 1 rings (SSSR count). The van der Waals surface area contributed by atoms with Gasteiger partial charge in [0.2, 0.25) is 0 Å². The molecule has 0 fully saturated rings. The molecule has 0 atom stereocenters. The Kier molecular flexibility index (Phi) is 7.30. The van der Waals surface area contributed by atoms with Crippen molar-refractivity contribution in [3.63, 3.8) is 0 Å². The van der Waals surface area contributed by atoms with Gasteiger partial charge in [0.1, 0.15) is 0 Å². The Hall–Kier alpha value is -1.81. The number of rotatable bonds is 8. The number of urea groups is 1. The first-order valence-corrected chi connectivity index (χ1v) is 8.46. The predicted molar refractivity (Wildman–Crippen MR) is 97.6 cm³/mol. The van der Waals surface area contributed by atoms with E-state index in [0.717, 1.165) is 36.3 Å². The highest BCUT2D eigenvalue weighted by Gasteiger charge is 2.23. The van der Waals surface area contributed by atoms with E-state index >= 15 is 0 Å². The third-order valence-electron chi connectivity index (χ3n) is 4.27. The number of quaternary nitrogens is 1. The summed E-state index contributed by atoms with van der Waals surface area (Å²) < 4.78 is 0. The van der Waals surface area contributed by atoms with Crippen LogP contribution < -0.4 is 15.5 Å². The lowest BCUT2D eigenvalue weighted by atomic mass is 9.92. The van der Waals surface area contributed by atoms with Crippen molar-refractivity contribution in [3.8, 4) is 0 Å². The third kappa shape index (κ3) is 6.06. The van der Waals surface area contributed by atoms with E-state index in [1.165, 1.54) is 4.90 Å². The monoisotopic (exact) mass is 318 g/mol. The molecule has 4 nitrogen and oxygen atoms in total. The summed E-state index contributed by atoms with van der Waals surface area (Å²) in [7, 11) is 0. The van der Waals surface area contributed by atoms with Crippen LogP contribution in [0, 0.1) is 0 Å². The lowest BCUT2D eigenvalue weighted by Gasteiger charge is -2.27. The van der Waals surface area contributed by atoms with Gasteiger partial charge in [-0.2, -0.15) is 0 Å². The van der Waals surface area contributed by atoms with E-state index in [2.05, 4.69) is 37.1 Å². The summed E-state index contributed by atoms with van der Waals surface area (Å²) in [5.74, 6) is 0. The Balaban J connectivity index is 2.62. The zero-order valence-corrected chi connectivity index (χ0v) is 15.3. The fourth-order valence-electron chi connectivity index (χ4n) is 2.53. The van der Waals surface area contributed by atoms with Crippen LogP contribution in [0.15, 0.2) is 30.8 Å². The maximum Gasteiger partial charge on any atom is 0.315 e. The molecule has 0 aliphatic carbocycles. The van der Waals surface area contributed by atoms with Crippen LogP contribution in [-0.2, 0) is 5.54 Å². The first kappa shape index (κ1) is 19.2. The number of hydrogen-bond acceptors (Lipinski definition) is 1. The van der Waals surface area contributed by atoms with Gasteiger partial charge in [0.15, 0.2) is 0 Å². The number of likely N-dealkylation sites (N-methyl/N-ethyl adjacent to an activating group) is 1. The molecule has 0 aliphatic heterocycles. The fourth-order valence-corrected chi connectivity index (χ4v) is 2.53. The van der Waals surface area contributed by atoms with Crippen molar-refractivity contribution >= 4 is 11.6 Å². The van der Waals surface area contributed by atoms with E-state index in [4.69, 9.17) is 0 Å². The molecule has 0 heterocycles. The van der Waals surface area contributed by atoms with Gasteiger partial charge in [0, 0.05) is 0 Å². The molecule has 0 saturated heterocycles. The van der Waals surface area contributed by atoms with Crippen molar-refractivity contribution in [1.82, 2.24) is 10.6 Å². The summed E-state index contributed by atoms with van der Waals surface area (Å²) in [5.41, 5.74) is 2.76. The minimum absolute atomic E-state index is 0.123. The molecule has 3 N–H and O–H groups in total. The highest BCUT2D eigenvalue weighted by molar-refractivity contribution is 5.75. The largest absolute Gasteiger partial charge is 0.334 e. The molecule has 0 bridgehead atoms. The molecule has 0 radical (unpaired) electrons. The van der Waals surface area contributed by atoms with Crippen LogP contribution >= 0.6 is 0 Å². The molecule has 23 heavy (non-hydrogen) atoms. The van der Waals surface area contributed by atoms with Crippen molar-refractivity contribution in [2.75, 3.05) is 26.2 Å². The van der Waals surface area contributed by atoms with E-state index < -0.39 is 5.54 Å². The maximum atomic E-state index is 12.2. The average Bonchev–Trinajstić information content (AvgIpc) is 2.51. The molecular formula is C19H32N3O+. The van der Waals surface area contributed by atoms with E-state index in [1.54, 1.807) is 0 Å². The number of allylic oxidation sites excluding steroid dienone is 1. The van der Waals surface area contributed by atoms with E-state index in [9.17, 15) is 4.79 Å². The average molecular weight is 318 g/mol. The fraction of sp³-hybridized carbons (Fsp3) is 0.526. The second-order valence-electron chi connectivity index (χ2n) is 6.57. The zero-order chi connectivity index (χ0) is 17.5. The number of amides is 2. The Morgan fingerprint density at radius 1 is 1.26 bits per heavy atom. The van der Waals surface area contributed by atoms with Gasteiger partial charge in [-0.3, -0.25) is 0 Å². The lowest BCUT2D eigenvalue weighted by Crippen LogP contribution is -3.12. The van der Waals surface area contributed by atoms with E-state index in [0.29, 0.717) is 6.54 Å². The molecule has 2 amide bonds. The molecule has 0 saturated carbocycles. The number of carbonyl (C=O) groups excluding carboxylic acids is 1. The van der Waals surface area contributed by atoms with Crippen LogP contribution in [0.5, 0.6) is 0 Å². The molecule has 0 aliphatic rings.